The van der Waals surface area contributed by atoms with Crippen LogP contribution in [-0.2, 0) is 9.53 Å². The molecule has 2 aliphatic heterocycles. The summed E-state index contributed by atoms with van der Waals surface area (Å²) in [7, 11) is 0. The van der Waals surface area contributed by atoms with E-state index in [1.54, 1.807) is 0 Å². The van der Waals surface area contributed by atoms with Crippen LogP contribution in [0.2, 0.25) is 0 Å². The molecular formula is C11H21N3O3. The van der Waals surface area contributed by atoms with Crippen LogP contribution in [0.1, 0.15) is 0 Å². The van der Waals surface area contributed by atoms with Gasteiger partial charge in [-0.15, -0.1) is 0 Å². The van der Waals surface area contributed by atoms with Crippen LogP contribution in [0.5, 0.6) is 0 Å². The molecule has 17 heavy (non-hydrogen) atoms. The lowest BCUT2D eigenvalue weighted by atomic mass is 10.0. The lowest BCUT2D eigenvalue weighted by Crippen LogP contribution is -2.52. The van der Waals surface area contributed by atoms with Crippen molar-refractivity contribution in [2.24, 2.45) is 11.7 Å². The number of amides is 1. The van der Waals surface area contributed by atoms with Crippen LogP contribution in [0.4, 0.5) is 0 Å². The summed E-state index contributed by atoms with van der Waals surface area (Å²) in [5.41, 5.74) is 5.85. The monoisotopic (exact) mass is 243 g/mol. The molecule has 0 aliphatic carbocycles. The predicted molar refractivity (Wildman–Crippen MR) is 62.4 cm³/mol. The number of hydrogen-bond donors (Lipinski definition) is 2. The maximum atomic E-state index is 12.2. The largest absolute Gasteiger partial charge is 0.395 e. The van der Waals surface area contributed by atoms with Crippen LogP contribution in [0.3, 0.4) is 0 Å². The fraction of sp³-hybridized carbons (Fsp3) is 0.909. The van der Waals surface area contributed by atoms with Crippen LogP contribution >= 0.6 is 0 Å². The first-order chi connectivity index (χ1) is 8.22. The molecule has 0 bridgehead atoms. The normalized spacial score (nSPS) is 30.8. The highest BCUT2D eigenvalue weighted by atomic mass is 16.5. The third kappa shape index (κ3) is 2.95. The number of piperazine rings is 1. The van der Waals surface area contributed by atoms with Crippen LogP contribution < -0.4 is 5.73 Å². The third-order valence-electron chi connectivity index (χ3n) is 3.54. The van der Waals surface area contributed by atoms with Crippen LogP contribution in [0, 0.1) is 5.92 Å². The maximum Gasteiger partial charge on any atom is 0.229 e. The molecule has 0 spiro atoms. The molecule has 0 aromatic heterocycles. The molecule has 0 aromatic rings. The molecule has 2 saturated heterocycles. The SMILES string of the molecule is NC1COCC1C(=O)N1CCN(CCO)CC1. The van der Waals surface area contributed by atoms with Crippen LogP contribution in [-0.4, -0.2) is 79.4 Å². The van der Waals surface area contributed by atoms with E-state index in [4.69, 9.17) is 15.6 Å². The fourth-order valence-electron chi connectivity index (χ4n) is 2.39. The number of nitrogens with zero attached hydrogens (tertiary/aromatic N) is 2. The summed E-state index contributed by atoms with van der Waals surface area (Å²) in [5, 5.41) is 8.85. The molecule has 6 heteroatoms. The zero-order chi connectivity index (χ0) is 12.3. The molecule has 2 unspecified atom stereocenters. The average molecular weight is 243 g/mol. The summed E-state index contributed by atoms with van der Waals surface area (Å²) in [4.78, 5) is 16.2. The van der Waals surface area contributed by atoms with E-state index in [0.717, 1.165) is 26.2 Å². The lowest BCUT2D eigenvalue weighted by molar-refractivity contribution is -0.137. The quantitative estimate of drug-likeness (QED) is 0.605. The van der Waals surface area contributed by atoms with Gasteiger partial charge in [0.25, 0.3) is 0 Å². The van der Waals surface area contributed by atoms with Crippen molar-refractivity contribution in [2.75, 3.05) is 52.5 Å². The van der Waals surface area contributed by atoms with Gasteiger partial charge in [0.1, 0.15) is 0 Å². The Balaban J connectivity index is 1.82. The molecule has 6 nitrogen and oxygen atoms in total. The molecule has 3 N–H and O–H groups in total. The van der Waals surface area contributed by atoms with E-state index in [1.165, 1.54) is 0 Å². The summed E-state index contributed by atoms with van der Waals surface area (Å²) in [6, 6.07) is -0.155. The summed E-state index contributed by atoms with van der Waals surface area (Å²) in [5.74, 6) is -0.0435. The molecule has 98 valence electrons. The van der Waals surface area contributed by atoms with Gasteiger partial charge in [-0.25, -0.2) is 0 Å². The molecule has 1 amide bonds. The number of nitrogens with two attached hydrogens (primary N) is 1. The first-order valence-electron chi connectivity index (χ1n) is 6.17. The lowest BCUT2D eigenvalue weighted by Gasteiger charge is -2.35. The predicted octanol–water partition coefficient (Wildman–Crippen LogP) is -1.90. The number of β-amino-alcohol motifs (C(OH)–C–C–N with tert-alkyl or cyclic N) is 1. The Labute approximate surface area is 101 Å². The van der Waals surface area contributed by atoms with Gasteiger partial charge in [0.2, 0.25) is 5.91 Å². The van der Waals surface area contributed by atoms with E-state index in [0.29, 0.717) is 19.8 Å². The second kappa shape index (κ2) is 5.77. The minimum absolute atomic E-state index is 0.124. The Kier molecular flexibility index (Phi) is 4.33. The zero-order valence-corrected chi connectivity index (χ0v) is 10.0. The van der Waals surface area contributed by atoms with E-state index in [-0.39, 0.29) is 24.5 Å². The van der Waals surface area contributed by atoms with Gasteiger partial charge in [-0.3, -0.25) is 9.69 Å². The molecule has 2 fully saturated rings. The van der Waals surface area contributed by atoms with E-state index < -0.39 is 0 Å². The van der Waals surface area contributed by atoms with Crippen molar-refractivity contribution in [3.63, 3.8) is 0 Å². The van der Waals surface area contributed by atoms with Gasteiger partial charge in [-0.05, 0) is 0 Å². The highest BCUT2D eigenvalue weighted by Crippen LogP contribution is 2.16. The van der Waals surface area contributed by atoms with Crippen LogP contribution in [0.25, 0.3) is 0 Å². The van der Waals surface area contributed by atoms with Crippen molar-refractivity contribution >= 4 is 5.91 Å². The minimum Gasteiger partial charge on any atom is -0.395 e. The van der Waals surface area contributed by atoms with Gasteiger partial charge in [0.15, 0.2) is 0 Å². The van der Waals surface area contributed by atoms with Gasteiger partial charge in [0.05, 0.1) is 25.7 Å². The second-order valence-corrected chi connectivity index (χ2v) is 4.70. The summed E-state index contributed by atoms with van der Waals surface area (Å²) < 4.78 is 5.23. The summed E-state index contributed by atoms with van der Waals surface area (Å²) in [6.45, 7) is 4.91. The Morgan fingerprint density at radius 3 is 2.53 bits per heavy atom. The summed E-state index contributed by atoms with van der Waals surface area (Å²) in [6.07, 6.45) is 0. The highest BCUT2D eigenvalue weighted by molar-refractivity contribution is 5.80. The number of carbonyl (C=O) groups is 1. The van der Waals surface area contributed by atoms with E-state index in [9.17, 15) is 4.79 Å². The second-order valence-electron chi connectivity index (χ2n) is 4.70. The van der Waals surface area contributed by atoms with Crippen molar-refractivity contribution in [2.45, 2.75) is 6.04 Å². The number of aliphatic hydroxyl groups excluding tert-OH is 1. The average Bonchev–Trinajstić information content (AvgIpc) is 2.76. The van der Waals surface area contributed by atoms with E-state index >= 15 is 0 Å². The minimum atomic E-state index is -0.167. The van der Waals surface area contributed by atoms with Gasteiger partial charge in [0, 0.05) is 38.8 Å². The maximum absolute atomic E-state index is 12.2. The zero-order valence-electron chi connectivity index (χ0n) is 10.0. The number of rotatable bonds is 3. The number of carbonyl (C=O) groups excluding carboxylic acids is 1. The van der Waals surface area contributed by atoms with E-state index in [2.05, 4.69) is 4.90 Å². The third-order valence-corrected chi connectivity index (χ3v) is 3.54. The Bertz CT molecular complexity index is 267. The van der Waals surface area contributed by atoms with Crippen molar-refractivity contribution in [1.29, 1.82) is 0 Å². The Morgan fingerprint density at radius 2 is 2.00 bits per heavy atom. The molecule has 0 radical (unpaired) electrons. The van der Waals surface area contributed by atoms with E-state index in [1.807, 2.05) is 4.90 Å². The molecule has 2 atom stereocenters. The van der Waals surface area contributed by atoms with Crippen molar-refractivity contribution in [3.05, 3.63) is 0 Å². The fourth-order valence-corrected chi connectivity index (χ4v) is 2.39. The number of ether oxygens (including phenoxy) is 1. The van der Waals surface area contributed by atoms with Gasteiger partial charge >= 0.3 is 0 Å². The molecule has 2 heterocycles. The molecule has 2 rings (SSSR count). The first-order valence-corrected chi connectivity index (χ1v) is 6.17. The van der Waals surface area contributed by atoms with Crippen molar-refractivity contribution < 1.29 is 14.6 Å². The first kappa shape index (κ1) is 12.8. The van der Waals surface area contributed by atoms with Gasteiger partial charge < -0.3 is 20.5 Å². The van der Waals surface area contributed by atoms with Crippen molar-refractivity contribution in [1.82, 2.24) is 9.80 Å². The topological polar surface area (TPSA) is 79.0 Å². The standard InChI is InChI=1S/C11H21N3O3/c12-10-8-17-7-9(10)11(16)14-3-1-13(2-4-14)5-6-15/h9-10,15H,1-8,12H2. The Hall–Kier alpha value is -0.690. The number of hydrogen-bond acceptors (Lipinski definition) is 5. The number of aliphatic hydroxyl groups is 1. The van der Waals surface area contributed by atoms with Crippen LogP contribution in [0.15, 0.2) is 0 Å². The highest BCUT2D eigenvalue weighted by Gasteiger charge is 2.35. The Morgan fingerprint density at radius 1 is 1.29 bits per heavy atom. The van der Waals surface area contributed by atoms with Gasteiger partial charge in [-0.1, -0.05) is 0 Å². The molecular weight excluding hydrogens is 222 g/mol. The molecule has 0 aromatic carbocycles. The molecule has 2 aliphatic rings. The van der Waals surface area contributed by atoms with Gasteiger partial charge in [-0.2, -0.15) is 0 Å². The smallest absolute Gasteiger partial charge is 0.229 e. The van der Waals surface area contributed by atoms with Crippen molar-refractivity contribution in [3.8, 4) is 0 Å². The summed E-state index contributed by atoms with van der Waals surface area (Å²) >= 11 is 0. The molecule has 0 saturated carbocycles.